The number of amides is 1. The average Bonchev–Trinajstić information content (AvgIpc) is 2.99. The van der Waals surface area contributed by atoms with E-state index in [0.29, 0.717) is 83.9 Å². The predicted molar refractivity (Wildman–Crippen MR) is 160 cm³/mol. The molecule has 2 fully saturated rings. The second kappa shape index (κ2) is 12.0. The van der Waals surface area contributed by atoms with Gasteiger partial charge < -0.3 is 30.5 Å². The molecule has 1 aliphatic carbocycles. The van der Waals surface area contributed by atoms with Gasteiger partial charge in [-0.1, -0.05) is 6.08 Å². The fraction of sp³-hybridized carbons (Fsp3) is 0.464. The molecule has 0 radical (unpaired) electrons. The number of phenolic OH excluding ortho intramolecular Hbond substituents is 1. The van der Waals surface area contributed by atoms with Crippen LogP contribution in [0.25, 0.3) is 0 Å². The van der Waals surface area contributed by atoms with Crippen LogP contribution in [-0.2, 0) is 9.59 Å². The number of likely N-dealkylation sites (N-methyl/N-ethyl adjacent to an activating group) is 1. The molecule has 1 amide bonds. The standard InChI is InChI=1S/C28H33N5O7S2/c1-29-22-26(37)33-23(28(38)39)15(13-42-27(22)33)12-41-14-21(35)31-7-9-32(10-8-31)25(36)17-3-2-4-19-24(17)40-20-11-16(34)5-6-18(20)30-19/h2,4-6,11,21-22,25,27,29,34-36H,3,7-10,12-14H2,1H3,(H,38,39). The molecule has 4 aliphatic heterocycles. The summed E-state index contributed by atoms with van der Waals surface area (Å²) in [5.74, 6) is 1.04. The number of hydrogen-bond donors (Lipinski definition) is 5. The number of hydrogen-bond acceptors (Lipinski definition) is 12. The first kappa shape index (κ1) is 29.2. The Balaban J connectivity index is 1.03. The number of nitrogens with one attached hydrogen (secondary N) is 1. The Labute approximate surface area is 251 Å². The molecular formula is C28H33N5O7S2. The molecular weight excluding hydrogens is 582 g/mol. The molecule has 2 saturated heterocycles. The van der Waals surface area contributed by atoms with Crippen molar-refractivity contribution >= 4 is 46.8 Å². The maximum atomic E-state index is 12.4. The number of carbonyl (C=O) groups excluding carboxylic acids is 1. The van der Waals surface area contributed by atoms with Crippen molar-refractivity contribution in [3.63, 3.8) is 0 Å². The number of ether oxygens (including phenoxy) is 1. The SMILES string of the molecule is CNC1C(=O)N2C(C(=O)O)=C(CSCC(O)N3CCN(C(O)C4=C5Oc6cc(O)ccc6N=C5C=CC4)CC3)CSC12. The zero-order valence-corrected chi connectivity index (χ0v) is 24.6. The number of piperazine rings is 1. The van der Waals surface area contributed by atoms with Gasteiger partial charge >= 0.3 is 5.97 Å². The number of carboxylic acid groups (broad SMARTS) is 1. The van der Waals surface area contributed by atoms with Crippen LogP contribution in [0, 0.1) is 0 Å². The maximum Gasteiger partial charge on any atom is 0.352 e. The molecule has 1 aromatic rings. The van der Waals surface area contributed by atoms with Gasteiger partial charge in [0.05, 0.1) is 0 Å². The Morgan fingerprint density at radius 3 is 2.74 bits per heavy atom. The second-order valence-corrected chi connectivity index (χ2v) is 12.7. The van der Waals surface area contributed by atoms with E-state index in [-0.39, 0.29) is 28.8 Å². The third-order valence-corrected chi connectivity index (χ3v) is 10.5. The van der Waals surface area contributed by atoms with Crippen molar-refractivity contribution in [1.29, 1.82) is 0 Å². The molecule has 0 saturated carbocycles. The Kier molecular flexibility index (Phi) is 8.37. The largest absolute Gasteiger partial charge is 0.508 e. The van der Waals surface area contributed by atoms with Gasteiger partial charge in [-0.05, 0) is 37.3 Å². The number of aromatic hydroxyl groups is 1. The Hall–Kier alpha value is -2.85. The highest BCUT2D eigenvalue weighted by molar-refractivity contribution is 8.01. The molecule has 4 heterocycles. The second-order valence-electron chi connectivity index (χ2n) is 10.6. The number of phenols is 1. The minimum atomic E-state index is -1.10. The maximum absolute atomic E-state index is 12.4. The van der Waals surface area contributed by atoms with E-state index in [4.69, 9.17) is 4.74 Å². The van der Waals surface area contributed by atoms with E-state index in [2.05, 4.69) is 10.3 Å². The lowest BCUT2D eigenvalue weighted by Gasteiger charge is -2.49. The van der Waals surface area contributed by atoms with E-state index in [1.807, 2.05) is 22.0 Å². The number of β-lactam (4-membered cyclic amide) rings is 1. The van der Waals surface area contributed by atoms with Crippen LogP contribution in [0.15, 0.2) is 57.9 Å². The number of fused-ring (bicyclic) bond motifs is 3. The van der Waals surface area contributed by atoms with Crippen LogP contribution in [0.5, 0.6) is 11.5 Å². The van der Waals surface area contributed by atoms with Crippen LogP contribution in [0.3, 0.4) is 0 Å². The smallest absolute Gasteiger partial charge is 0.352 e. The monoisotopic (exact) mass is 615 g/mol. The number of benzene rings is 1. The summed E-state index contributed by atoms with van der Waals surface area (Å²) in [4.78, 5) is 34.3. The van der Waals surface area contributed by atoms with Crippen molar-refractivity contribution in [2.45, 2.75) is 30.3 Å². The average molecular weight is 616 g/mol. The van der Waals surface area contributed by atoms with E-state index >= 15 is 0 Å². The van der Waals surface area contributed by atoms with Crippen LogP contribution in [-0.4, -0.2) is 127 Å². The number of aliphatic carboxylic acids is 1. The summed E-state index contributed by atoms with van der Waals surface area (Å²) in [6, 6.07) is 4.39. The fourth-order valence-electron chi connectivity index (χ4n) is 5.80. The van der Waals surface area contributed by atoms with Crippen molar-refractivity contribution in [3.8, 4) is 11.5 Å². The van der Waals surface area contributed by atoms with Gasteiger partial charge in [0, 0.05) is 55.1 Å². The molecule has 14 heteroatoms. The minimum Gasteiger partial charge on any atom is -0.508 e. The van der Waals surface area contributed by atoms with Crippen LogP contribution in [0.4, 0.5) is 5.69 Å². The highest BCUT2D eigenvalue weighted by atomic mass is 32.2. The summed E-state index contributed by atoms with van der Waals surface area (Å²) < 4.78 is 6.08. The molecule has 5 aliphatic rings. The summed E-state index contributed by atoms with van der Waals surface area (Å²) >= 11 is 3.01. The van der Waals surface area contributed by atoms with Crippen LogP contribution in [0.1, 0.15) is 6.42 Å². The molecule has 6 rings (SSSR count). The fourth-order valence-corrected chi connectivity index (χ4v) is 8.36. The molecule has 42 heavy (non-hydrogen) atoms. The molecule has 0 spiro atoms. The summed E-state index contributed by atoms with van der Waals surface area (Å²) in [6.45, 7) is 2.15. The number of aliphatic hydroxyl groups excluding tert-OH is 2. The predicted octanol–water partition coefficient (Wildman–Crippen LogP) is 0.901. The highest BCUT2D eigenvalue weighted by Crippen LogP contribution is 2.41. The van der Waals surface area contributed by atoms with Gasteiger partial charge in [0.1, 0.15) is 46.7 Å². The minimum absolute atomic E-state index is 0.0724. The number of carbonyl (C=O) groups is 2. The van der Waals surface area contributed by atoms with Crippen molar-refractivity contribution < 1.29 is 34.8 Å². The van der Waals surface area contributed by atoms with Gasteiger partial charge in [-0.2, -0.15) is 11.8 Å². The van der Waals surface area contributed by atoms with E-state index in [1.165, 1.54) is 22.7 Å². The van der Waals surface area contributed by atoms with Crippen molar-refractivity contribution in [2.24, 2.45) is 4.99 Å². The Bertz CT molecular complexity index is 1400. The number of aliphatic hydroxyl groups is 2. The molecule has 1 aromatic carbocycles. The molecule has 4 unspecified atom stereocenters. The summed E-state index contributed by atoms with van der Waals surface area (Å²) in [7, 11) is 1.70. The lowest BCUT2D eigenvalue weighted by atomic mass is 9.98. The zero-order chi connectivity index (χ0) is 29.5. The summed E-state index contributed by atoms with van der Waals surface area (Å²) in [5, 5.41) is 44.6. The van der Waals surface area contributed by atoms with Crippen LogP contribution in [0.2, 0.25) is 0 Å². The summed E-state index contributed by atoms with van der Waals surface area (Å²) in [5.41, 5.74) is 2.71. The van der Waals surface area contributed by atoms with E-state index in [9.17, 15) is 30.0 Å². The van der Waals surface area contributed by atoms with E-state index in [0.717, 1.165) is 0 Å². The van der Waals surface area contributed by atoms with E-state index < -0.39 is 18.4 Å². The number of allylic oxidation sites excluding steroid dienone is 2. The number of nitrogens with zero attached hydrogens (tertiary/aromatic N) is 4. The normalized spacial score (nSPS) is 25.6. The molecule has 0 bridgehead atoms. The number of thioether (sulfide) groups is 2. The van der Waals surface area contributed by atoms with Crippen LogP contribution < -0.4 is 10.1 Å². The molecule has 0 aromatic heterocycles. The molecule has 12 nitrogen and oxygen atoms in total. The van der Waals surface area contributed by atoms with Gasteiger partial charge in [-0.3, -0.25) is 19.5 Å². The van der Waals surface area contributed by atoms with E-state index in [1.54, 1.807) is 30.9 Å². The van der Waals surface area contributed by atoms with Gasteiger partial charge in [0.2, 0.25) is 5.91 Å². The van der Waals surface area contributed by atoms with Gasteiger partial charge in [0.15, 0.2) is 11.5 Å². The topological polar surface area (TPSA) is 158 Å². The third kappa shape index (κ3) is 5.36. The number of carboxylic acids is 1. The molecule has 224 valence electrons. The van der Waals surface area contributed by atoms with Crippen LogP contribution >= 0.6 is 23.5 Å². The Morgan fingerprint density at radius 1 is 1.24 bits per heavy atom. The first-order valence-corrected chi connectivity index (χ1v) is 16.0. The Morgan fingerprint density at radius 2 is 2.00 bits per heavy atom. The first-order valence-electron chi connectivity index (χ1n) is 13.8. The van der Waals surface area contributed by atoms with Crippen molar-refractivity contribution in [3.05, 3.63) is 53.0 Å². The number of rotatable bonds is 9. The highest BCUT2D eigenvalue weighted by Gasteiger charge is 2.52. The quantitative estimate of drug-likeness (QED) is 0.250. The first-order chi connectivity index (χ1) is 20.3. The van der Waals surface area contributed by atoms with Gasteiger partial charge in [-0.25, -0.2) is 9.79 Å². The third-order valence-electron chi connectivity index (χ3n) is 8.07. The van der Waals surface area contributed by atoms with Gasteiger partial charge in [0.25, 0.3) is 0 Å². The number of aliphatic imine (C=N–C) groups is 1. The summed E-state index contributed by atoms with van der Waals surface area (Å²) in [6.07, 6.45) is 2.71. The lowest BCUT2D eigenvalue weighted by molar-refractivity contribution is -0.149. The lowest BCUT2D eigenvalue weighted by Crippen LogP contribution is -2.69. The molecule has 5 N–H and O–H groups in total. The van der Waals surface area contributed by atoms with Crippen molar-refractivity contribution in [2.75, 3.05) is 50.5 Å². The van der Waals surface area contributed by atoms with Crippen molar-refractivity contribution in [1.82, 2.24) is 20.0 Å². The molecule has 4 atom stereocenters. The zero-order valence-electron chi connectivity index (χ0n) is 23.0. The van der Waals surface area contributed by atoms with Gasteiger partial charge in [-0.15, -0.1) is 11.8 Å².